The minimum absolute atomic E-state index is 0.160. The van der Waals surface area contributed by atoms with Crippen LogP contribution in [0.2, 0.25) is 0 Å². The molecule has 4 heterocycles. The molecule has 0 aliphatic carbocycles. The molecule has 4 aromatic heterocycles. The highest BCUT2D eigenvalue weighted by Crippen LogP contribution is 2.31. The fraction of sp³-hybridized carbons (Fsp3) is 0.130. The topological polar surface area (TPSA) is 77.1 Å². The van der Waals surface area contributed by atoms with Gasteiger partial charge < -0.3 is 5.32 Å². The van der Waals surface area contributed by atoms with Crippen LogP contribution in [0.1, 0.15) is 23.7 Å². The van der Waals surface area contributed by atoms with Gasteiger partial charge in [-0.1, -0.05) is 13.0 Å². The van der Waals surface area contributed by atoms with Crippen LogP contribution in [-0.2, 0) is 6.54 Å². The molecule has 1 amide bonds. The number of hydrogen-bond donors (Lipinski definition) is 1. The molecule has 5 rings (SSSR count). The van der Waals surface area contributed by atoms with E-state index in [4.69, 9.17) is 0 Å². The van der Waals surface area contributed by atoms with E-state index in [0.717, 1.165) is 11.9 Å². The lowest BCUT2D eigenvalue weighted by molar-refractivity contribution is 0.102. The number of carbonyl (C=O) groups excluding carboxylic acids is 1. The van der Waals surface area contributed by atoms with Gasteiger partial charge in [-0.3, -0.25) is 4.79 Å². The molecular weight excluding hydrogens is 414 g/mol. The van der Waals surface area contributed by atoms with E-state index in [2.05, 4.69) is 20.5 Å². The number of nitrogens with zero attached hydrogens (tertiary/aromatic N) is 5. The molecule has 1 aromatic carbocycles. The van der Waals surface area contributed by atoms with Gasteiger partial charge in [0.1, 0.15) is 11.5 Å². The van der Waals surface area contributed by atoms with Gasteiger partial charge in [-0.05, 0) is 48.9 Å². The van der Waals surface area contributed by atoms with Gasteiger partial charge in [0.25, 0.3) is 5.91 Å². The van der Waals surface area contributed by atoms with Gasteiger partial charge in [-0.2, -0.15) is 10.2 Å². The third-order valence-electron chi connectivity index (χ3n) is 5.13. The lowest BCUT2D eigenvalue weighted by atomic mass is 10.1. The van der Waals surface area contributed by atoms with Gasteiger partial charge in [-0.15, -0.1) is 0 Å². The van der Waals surface area contributed by atoms with Crippen molar-refractivity contribution in [2.75, 3.05) is 5.32 Å². The van der Waals surface area contributed by atoms with E-state index in [9.17, 15) is 9.18 Å². The van der Waals surface area contributed by atoms with Crippen LogP contribution in [0, 0.1) is 11.6 Å². The van der Waals surface area contributed by atoms with Crippen molar-refractivity contribution in [2.45, 2.75) is 19.9 Å². The van der Waals surface area contributed by atoms with Crippen molar-refractivity contribution < 1.29 is 13.6 Å². The zero-order valence-corrected chi connectivity index (χ0v) is 17.1. The zero-order chi connectivity index (χ0) is 22.2. The quantitative estimate of drug-likeness (QED) is 0.437. The Hall–Kier alpha value is -4.14. The minimum Gasteiger partial charge on any atom is -0.304 e. The fourth-order valence-corrected chi connectivity index (χ4v) is 3.62. The molecular formula is C23H18F2N6O. The van der Waals surface area contributed by atoms with Crippen LogP contribution in [0.4, 0.5) is 14.6 Å². The molecule has 0 fully saturated rings. The van der Waals surface area contributed by atoms with E-state index >= 15 is 4.39 Å². The van der Waals surface area contributed by atoms with Gasteiger partial charge in [0.05, 0.1) is 17.1 Å². The predicted molar refractivity (Wildman–Crippen MR) is 116 cm³/mol. The molecule has 0 bridgehead atoms. The van der Waals surface area contributed by atoms with Crippen LogP contribution in [-0.4, -0.2) is 30.3 Å². The van der Waals surface area contributed by atoms with Crippen molar-refractivity contribution in [3.63, 3.8) is 0 Å². The number of nitrogens with one attached hydrogen (secondary N) is 1. The molecule has 0 saturated heterocycles. The first kappa shape index (κ1) is 19.8. The van der Waals surface area contributed by atoms with Crippen molar-refractivity contribution in [1.29, 1.82) is 0 Å². The molecule has 0 aliphatic rings. The van der Waals surface area contributed by atoms with Crippen LogP contribution in [0.5, 0.6) is 0 Å². The number of carbonyl (C=O) groups is 1. The molecule has 0 spiro atoms. The van der Waals surface area contributed by atoms with Gasteiger partial charge in [0.2, 0.25) is 0 Å². The third kappa shape index (κ3) is 3.37. The standard InChI is InChI=1S/C23H18F2N6O/c1-2-10-31-22-16(21(29-31)28-23(32)14-6-8-15(24)9-7-14)12-18(25)20(27-22)17-13-26-30-11-4-3-5-19(17)30/h3-9,11-13H,2,10H2,1H3,(H,28,29,32). The number of pyridine rings is 2. The monoisotopic (exact) mass is 432 g/mol. The average Bonchev–Trinajstić information content (AvgIpc) is 3.35. The van der Waals surface area contributed by atoms with Crippen LogP contribution >= 0.6 is 0 Å². The Bertz CT molecular complexity index is 1460. The van der Waals surface area contributed by atoms with Gasteiger partial charge in [0, 0.05) is 23.9 Å². The summed E-state index contributed by atoms with van der Waals surface area (Å²) in [5.41, 5.74) is 2.16. The van der Waals surface area contributed by atoms with Crippen LogP contribution in [0.3, 0.4) is 0 Å². The van der Waals surface area contributed by atoms with E-state index in [0.29, 0.717) is 23.1 Å². The van der Waals surface area contributed by atoms with Crippen molar-refractivity contribution in [1.82, 2.24) is 24.4 Å². The van der Waals surface area contributed by atoms with E-state index < -0.39 is 17.5 Å². The summed E-state index contributed by atoms with van der Waals surface area (Å²) in [7, 11) is 0. The molecule has 5 aromatic rings. The number of hydrogen-bond acceptors (Lipinski definition) is 4. The lowest BCUT2D eigenvalue weighted by Crippen LogP contribution is -2.13. The maximum Gasteiger partial charge on any atom is 0.256 e. The van der Waals surface area contributed by atoms with E-state index in [1.54, 1.807) is 21.6 Å². The van der Waals surface area contributed by atoms with Crippen molar-refractivity contribution in [3.05, 3.63) is 78.1 Å². The van der Waals surface area contributed by atoms with E-state index in [-0.39, 0.29) is 17.1 Å². The summed E-state index contributed by atoms with van der Waals surface area (Å²) in [6.45, 7) is 2.52. The highest BCUT2D eigenvalue weighted by molar-refractivity contribution is 6.07. The largest absolute Gasteiger partial charge is 0.304 e. The summed E-state index contributed by atoms with van der Waals surface area (Å²) in [6.07, 6.45) is 4.12. The maximum atomic E-state index is 15.2. The number of aromatic nitrogens is 5. The van der Waals surface area contributed by atoms with Gasteiger partial charge in [-0.25, -0.2) is 23.0 Å². The molecule has 0 radical (unpaired) electrons. The van der Waals surface area contributed by atoms with Crippen LogP contribution in [0.25, 0.3) is 27.8 Å². The second-order valence-electron chi connectivity index (χ2n) is 7.31. The zero-order valence-electron chi connectivity index (χ0n) is 17.1. The smallest absolute Gasteiger partial charge is 0.256 e. The normalized spacial score (nSPS) is 11.3. The molecule has 9 heteroatoms. The van der Waals surface area contributed by atoms with Gasteiger partial charge >= 0.3 is 0 Å². The Morgan fingerprint density at radius 2 is 1.94 bits per heavy atom. The summed E-state index contributed by atoms with van der Waals surface area (Å²) in [6, 6.07) is 12.0. The summed E-state index contributed by atoms with van der Waals surface area (Å²) < 4.78 is 31.7. The fourth-order valence-electron chi connectivity index (χ4n) is 3.62. The summed E-state index contributed by atoms with van der Waals surface area (Å²) in [5.74, 6) is -1.27. The number of amides is 1. The Balaban J connectivity index is 1.61. The number of rotatable bonds is 5. The molecule has 0 aliphatic heterocycles. The first-order valence-electron chi connectivity index (χ1n) is 10.1. The SMILES string of the molecule is CCCn1nc(NC(=O)c2ccc(F)cc2)c2cc(F)c(-c3cnn4ccccc34)nc21. The highest BCUT2D eigenvalue weighted by atomic mass is 19.1. The summed E-state index contributed by atoms with van der Waals surface area (Å²) in [4.78, 5) is 17.2. The van der Waals surface area contributed by atoms with Crippen molar-refractivity contribution >= 4 is 28.3 Å². The molecule has 0 unspecified atom stereocenters. The van der Waals surface area contributed by atoms with E-state index in [1.807, 2.05) is 25.1 Å². The number of anilines is 1. The predicted octanol–water partition coefficient (Wildman–Crippen LogP) is 4.69. The summed E-state index contributed by atoms with van der Waals surface area (Å²) in [5, 5.41) is 11.8. The van der Waals surface area contributed by atoms with Crippen LogP contribution in [0.15, 0.2) is 60.9 Å². The molecule has 0 atom stereocenters. The molecule has 32 heavy (non-hydrogen) atoms. The number of fused-ring (bicyclic) bond motifs is 2. The molecule has 1 N–H and O–H groups in total. The number of halogens is 2. The average molecular weight is 432 g/mol. The Morgan fingerprint density at radius 1 is 1.12 bits per heavy atom. The summed E-state index contributed by atoms with van der Waals surface area (Å²) >= 11 is 0. The maximum absolute atomic E-state index is 15.2. The van der Waals surface area contributed by atoms with E-state index in [1.165, 1.54) is 30.3 Å². The second-order valence-corrected chi connectivity index (χ2v) is 7.31. The Labute approximate surface area is 181 Å². The Kier molecular flexibility index (Phi) is 4.85. The highest BCUT2D eigenvalue weighted by Gasteiger charge is 2.20. The first-order valence-corrected chi connectivity index (χ1v) is 10.1. The Morgan fingerprint density at radius 3 is 2.72 bits per heavy atom. The van der Waals surface area contributed by atoms with Crippen molar-refractivity contribution in [2.24, 2.45) is 0 Å². The lowest BCUT2D eigenvalue weighted by Gasteiger charge is -2.05. The molecule has 7 nitrogen and oxygen atoms in total. The molecule has 0 saturated carbocycles. The van der Waals surface area contributed by atoms with Crippen molar-refractivity contribution in [3.8, 4) is 11.3 Å². The second kappa shape index (κ2) is 7.84. The first-order chi connectivity index (χ1) is 15.5. The number of benzene rings is 1. The number of aryl methyl sites for hydroxylation is 1. The minimum atomic E-state index is -0.551. The molecule has 160 valence electrons. The third-order valence-corrected chi connectivity index (χ3v) is 5.13. The van der Waals surface area contributed by atoms with Gasteiger partial charge in [0.15, 0.2) is 17.3 Å². The van der Waals surface area contributed by atoms with Crippen LogP contribution < -0.4 is 5.32 Å².